The van der Waals surface area contributed by atoms with Gasteiger partial charge in [-0.2, -0.15) is 0 Å². The minimum Gasteiger partial charge on any atom is -0.508 e. The lowest BCUT2D eigenvalue weighted by Crippen LogP contribution is -2.39. The summed E-state index contributed by atoms with van der Waals surface area (Å²) in [5.74, 6) is -0.620. The molecule has 1 aromatic carbocycles. The summed E-state index contributed by atoms with van der Waals surface area (Å²) in [6.07, 6.45) is 2.00. The van der Waals surface area contributed by atoms with Gasteiger partial charge in [-0.1, -0.05) is 11.6 Å². The van der Waals surface area contributed by atoms with Crippen molar-refractivity contribution in [2.24, 2.45) is 0 Å². The Morgan fingerprint density at radius 1 is 1.47 bits per heavy atom. The number of benzene rings is 1. The van der Waals surface area contributed by atoms with E-state index in [-0.39, 0.29) is 34.8 Å². The number of phenolic OH excluding ortho intramolecular Hbond substituents is 1. The van der Waals surface area contributed by atoms with Crippen molar-refractivity contribution < 1.29 is 14.7 Å². The third-order valence-corrected chi connectivity index (χ3v) is 3.18. The van der Waals surface area contributed by atoms with Crippen LogP contribution in [0.4, 0.5) is 0 Å². The zero-order chi connectivity index (χ0) is 14.0. The Bertz CT molecular complexity index is 515. The molecule has 1 saturated carbocycles. The Morgan fingerprint density at radius 2 is 2.16 bits per heavy atom. The predicted molar refractivity (Wildman–Crippen MR) is 71.2 cm³/mol. The molecule has 2 amide bonds. The lowest BCUT2D eigenvalue weighted by atomic mass is 10.2. The van der Waals surface area contributed by atoms with Crippen molar-refractivity contribution in [3.05, 3.63) is 28.8 Å². The second kappa shape index (κ2) is 5.48. The number of aromatic hydroxyl groups is 1. The molecule has 1 aliphatic carbocycles. The molecule has 0 aliphatic heterocycles. The molecule has 6 heteroatoms. The van der Waals surface area contributed by atoms with Gasteiger partial charge in [0.15, 0.2) is 0 Å². The first kappa shape index (κ1) is 13.7. The molecule has 0 aromatic heterocycles. The molecule has 19 heavy (non-hydrogen) atoms. The summed E-state index contributed by atoms with van der Waals surface area (Å²) in [6.45, 7) is -0.0265. The van der Waals surface area contributed by atoms with Gasteiger partial charge in [0.25, 0.3) is 5.91 Å². The van der Waals surface area contributed by atoms with Gasteiger partial charge >= 0.3 is 0 Å². The molecule has 0 unspecified atom stereocenters. The zero-order valence-corrected chi connectivity index (χ0v) is 11.3. The monoisotopic (exact) mass is 282 g/mol. The van der Waals surface area contributed by atoms with Crippen LogP contribution >= 0.6 is 11.6 Å². The van der Waals surface area contributed by atoms with Gasteiger partial charge in [-0.15, -0.1) is 0 Å². The molecule has 0 heterocycles. The van der Waals surface area contributed by atoms with Crippen LogP contribution in [0.25, 0.3) is 0 Å². The summed E-state index contributed by atoms with van der Waals surface area (Å²) >= 11 is 5.91. The number of likely N-dealkylation sites (N-methyl/N-ethyl adjacent to an activating group) is 1. The zero-order valence-electron chi connectivity index (χ0n) is 10.5. The summed E-state index contributed by atoms with van der Waals surface area (Å²) in [5, 5.41) is 12.4. The van der Waals surface area contributed by atoms with Crippen LogP contribution in [0.1, 0.15) is 23.2 Å². The number of carbonyl (C=O) groups is 2. The molecule has 0 saturated heterocycles. The molecule has 1 fully saturated rings. The van der Waals surface area contributed by atoms with Crippen molar-refractivity contribution in [1.82, 2.24) is 10.2 Å². The first-order valence-corrected chi connectivity index (χ1v) is 6.38. The van der Waals surface area contributed by atoms with Gasteiger partial charge in [0.05, 0.1) is 17.1 Å². The summed E-state index contributed by atoms with van der Waals surface area (Å²) < 4.78 is 0. The highest BCUT2D eigenvalue weighted by molar-refractivity contribution is 6.33. The van der Waals surface area contributed by atoms with Crippen LogP contribution in [-0.4, -0.2) is 41.5 Å². The lowest BCUT2D eigenvalue weighted by molar-refractivity contribution is -0.121. The number of halogens is 1. The van der Waals surface area contributed by atoms with E-state index < -0.39 is 5.91 Å². The van der Waals surface area contributed by atoms with E-state index in [4.69, 9.17) is 11.6 Å². The van der Waals surface area contributed by atoms with Gasteiger partial charge in [-0.05, 0) is 31.0 Å². The Labute approximate surface area is 116 Å². The molecule has 0 radical (unpaired) electrons. The van der Waals surface area contributed by atoms with E-state index >= 15 is 0 Å². The van der Waals surface area contributed by atoms with Gasteiger partial charge in [0.1, 0.15) is 5.75 Å². The van der Waals surface area contributed by atoms with E-state index in [1.54, 1.807) is 0 Å². The summed E-state index contributed by atoms with van der Waals surface area (Å²) in [7, 11) is 1.52. The summed E-state index contributed by atoms with van der Waals surface area (Å²) in [6, 6.07) is 4.40. The van der Waals surface area contributed by atoms with E-state index in [9.17, 15) is 14.7 Å². The normalized spacial score (nSPS) is 14.0. The molecule has 0 bridgehead atoms. The van der Waals surface area contributed by atoms with Crippen LogP contribution in [0, 0.1) is 0 Å². The van der Waals surface area contributed by atoms with Gasteiger partial charge in [0.2, 0.25) is 5.91 Å². The average Bonchev–Trinajstić information content (AvgIpc) is 3.15. The number of phenols is 1. The van der Waals surface area contributed by atoms with Crippen molar-refractivity contribution in [3.63, 3.8) is 0 Å². The molecule has 0 atom stereocenters. The van der Waals surface area contributed by atoms with Gasteiger partial charge in [0, 0.05) is 13.1 Å². The number of nitrogens with one attached hydrogen (secondary N) is 1. The van der Waals surface area contributed by atoms with Crippen molar-refractivity contribution in [2.75, 3.05) is 13.6 Å². The maximum Gasteiger partial charge on any atom is 0.255 e. The van der Waals surface area contributed by atoms with Crippen molar-refractivity contribution >= 4 is 23.4 Å². The van der Waals surface area contributed by atoms with Crippen LogP contribution in [0.3, 0.4) is 0 Å². The molecular weight excluding hydrogens is 268 g/mol. The quantitative estimate of drug-likeness (QED) is 0.877. The molecule has 5 nitrogen and oxygen atoms in total. The topological polar surface area (TPSA) is 69.6 Å². The second-order valence-corrected chi connectivity index (χ2v) is 5.07. The molecular formula is C13H15ClN2O3. The maximum atomic E-state index is 12.1. The Kier molecular flexibility index (Phi) is 3.95. The van der Waals surface area contributed by atoms with Crippen molar-refractivity contribution in [1.29, 1.82) is 0 Å². The molecule has 1 aliphatic rings. The highest BCUT2D eigenvalue weighted by Crippen LogP contribution is 2.22. The first-order chi connectivity index (χ1) is 8.97. The largest absolute Gasteiger partial charge is 0.508 e. The molecule has 2 rings (SSSR count). The first-order valence-electron chi connectivity index (χ1n) is 6.00. The average molecular weight is 283 g/mol. The van der Waals surface area contributed by atoms with E-state index in [0.29, 0.717) is 0 Å². The highest BCUT2D eigenvalue weighted by Gasteiger charge is 2.25. The third kappa shape index (κ3) is 3.61. The minimum atomic E-state index is -0.396. The Morgan fingerprint density at radius 3 is 2.79 bits per heavy atom. The van der Waals surface area contributed by atoms with Crippen molar-refractivity contribution in [3.8, 4) is 5.75 Å². The van der Waals surface area contributed by atoms with Crippen LogP contribution in [0.2, 0.25) is 5.02 Å². The van der Waals surface area contributed by atoms with Gasteiger partial charge < -0.3 is 15.3 Å². The number of amides is 2. The lowest BCUT2D eigenvalue weighted by Gasteiger charge is -2.17. The summed E-state index contributed by atoms with van der Waals surface area (Å²) in [5.41, 5.74) is 0.184. The fourth-order valence-electron chi connectivity index (χ4n) is 1.67. The fraction of sp³-hybridized carbons (Fsp3) is 0.385. The predicted octanol–water partition coefficient (Wildman–Crippen LogP) is 1.40. The standard InChI is InChI=1S/C13H15ClN2O3/c1-16(7-12(18)15-8-2-3-8)13(19)10-6-9(17)4-5-11(10)14/h4-6,8,17H,2-3,7H2,1H3,(H,15,18). The molecule has 102 valence electrons. The van der Waals surface area contributed by atoms with Gasteiger partial charge in [-0.25, -0.2) is 0 Å². The van der Waals surface area contributed by atoms with E-state index in [1.807, 2.05) is 0 Å². The molecule has 1 aromatic rings. The number of hydrogen-bond acceptors (Lipinski definition) is 3. The highest BCUT2D eigenvalue weighted by atomic mass is 35.5. The van der Waals surface area contributed by atoms with Crippen LogP contribution in [0.15, 0.2) is 18.2 Å². The Balaban J connectivity index is 2.01. The van der Waals surface area contributed by atoms with Crippen LogP contribution in [-0.2, 0) is 4.79 Å². The number of rotatable bonds is 4. The van der Waals surface area contributed by atoms with E-state index in [1.165, 1.54) is 30.1 Å². The Hall–Kier alpha value is -1.75. The van der Waals surface area contributed by atoms with Gasteiger partial charge in [-0.3, -0.25) is 9.59 Å². The number of nitrogens with zero attached hydrogens (tertiary/aromatic N) is 1. The minimum absolute atomic E-state index is 0.0265. The number of hydrogen-bond donors (Lipinski definition) is 2. The SMILES string of the molecule is CN(CC(=O)NC1CC1)C(=O)c1cc(O)ccc1Cl. The van der Waals surface area contributed by atoms with Crippen LogP contribution < -0.4 is 5.32 Å². The van der Waals surface area contributed by atoms with E-state index in [0.717, 1.165) is 12.8 Å². The summed E-state index contributed by atoms with van der Waals surface area (Å²) in [4.78, 5) is 25.0. The fourth-order valence-corrected chi connectivity index (χ4v) is 1.87. The van der Waals surface area contributed by atoms with Crippen LogP contribution in [0.5, 0.6) is 5.75 Å². The van der Waals surface area contributed by atoms with Crippen molar-refractivity contribution in [2.45, 2.75) is 18.9 Å². The molecule has 0 spiro atoms. The maximum absolute atomic E-state index is 12.1. The molecule has 2 N–H and O–H groups in total. The third-order valence-electron chi connectivity index (χ3n) is 2.85. The smallest absolute Gasteiger partial charge is 0.255 e. The van der Waals surface area contributed by atoms with E-state index in [2.05, 4.69) is 5.32 Å². The second-order valence-electron chi connectivity index (χ2n) is 4.67. The number of carbonyl (C=O) groups excluding carboxylic acids is 2.